The Morgan fingerprint density at radius 3 is 2.18 bits per heavy atom. The molecule has 1 fully saturated rings. The number of rotatable bonds is 8. The monoisotopic (exact) mass is 604 g/mol. The number of methoxy groups -OCH3 is 2. The molecular weight excluding hydrogens is 572 g/mol. The molecule has 0 aliphatic carbocycles. The van der Waals surface area contributed by atoms with E-state index in [4.69, 9.17) is 31.4 Å². The van der Waals surface area contributed by atoms with Crippen molar-refractivity contribution < 1.29 is 19.0 Å². The van der Waals surface area contributed by atoms with Gasteiger partial charge in [-0.2, -0.15) is 0 Å². The summed E-state index contributed by atoms with van der Waals surface area (Å²) < 4.78 is 18.5. The van der Waals surface area contributed by atoms with Gasteiger partial charge in [-0.3, -0.25) is 4.98 Å². The van der Waals surface area contributed by atoms with Gasteiger partial charge in [0.15, 0.2) is 5.11 Å². The van der Waals surface area contributed by atoms with E-state index in [1.807, 2.05) is 91.9 Å². The standard InChI is InChI=1S/C35H32N4O4S/c1-22-21-29(23(2)38(22)31-11-6-5-9-28(31)34(40)42-4)33-32(30-10-7-8-20-36-30)37-35(44)39(33)24-12-14-26(15-13-24)43-27-18-16-25(41-3)17-19-27/h5-21,32-33H,1-4H3,(H,37,44). The fourth-order valence-corrected chi connectivity index (χ4v) is 6.16. The number of carbonyl (C=O) groups is 1. The van der Waals surface area contributed by atoms with Crippen molar-refractivity contribution in [3.05, 3.63) is 131 Å². The predicted molar refractivity (Wildman–Crippen MR) is 174 cm³/mol. The van der Waals surface area contributed by atoms with Crippen LogP contribution >= 0.6 is 12.2 Å². The average Bonchev–Trinajstić information content (AvgIpc) is 3.56. The van der Waals surface area contributed by atoms with Crippen LogP contribution in [0.1, 0.15) is 45.1 Å². The van der Waals surface area contributed by atoms with Crippen LogP contribution in [0.25, 0.3) is 5.69 Å². The minimum atomic E-state index is -0.386. The minimum Gasteiger partial charge on any atom is -0.497 e. The van der Waals surface area contributed by atoms with Gasteiger partial charge in [0.2, 0.25) is 0 Å². The zero-order chi connectivity index (χ0) is 30.8. The van der Waals surface area contributed by atoms with E-state index in [0.717, 1.165) is 39.8 Å². The summed E-state index contributed by atoms with van der Waals surface area (Å²) in [5.74, 6) is 1.80. The molecule has 1 aliphatic rings. The maximum Gasteiger partial charge on any atom is 0.339 e. The molecule has 0 spiro atoms. The summed E-state index contributed by atoms with van der Waals surface area (Å²) in [6.45, 7) is 4.11. The maximum absolute atomic E-state index is 12.7. The molecule has 222 valence electrons. The number of aromatic nitrogens is 2. The number of esters is 1. The summed E-state index contributed by atoms with van der Waals surface area (Å²) in [7, 11) is 3.03. The van der Waals surface area contributed by atoms with Gasteiger partial charge in [0.05, 0.1) is 43.2 Å². The summed E-state index contributed by atoms with van der Waals surface area (Å²) >= 11 is 5.96. The number of benzene rings is 3. The van der Waals surface area contributed by atoms with Crippen LogP contribution in [0.3, 0.4) is 0 Å². The molecule has 0 saturated carbocycles. The van der Waals surface area contributed by atoms with E-state index in [-0.39, 0.29) is 18.1 Å². The van der Waals surface area contributed by atoms with Gasteiger partial charge >= 0.3 is 5.97 Å². The molecule has 3 aromatic carbocycles. The van der Waals surface area contributed by atoms with Gasteiger partial charge in [0, 0.05) is 23.3 Å². The Bertz CT molecular complexity index is 1800. The fraction of sp³-hybridized carbons (Fsp3) is 0.171. The number of nitrogens with zero attached hydrogens (tertiary/aromatic N) is 3. The van der Waals surface area contributed by atoms with E-state index >= 15 is 0 Å². The van der Waals surface area contributed by atoms with Gasteiger partial charge in [0.25, 0.3) is 0 Å². The SMILES string of the molecule is COC(=O)c1ccccc1-n1c(C)cc(C2C(c3ccccn3)NC(=S)N2c2ccc(Oc3ccc(OC)cc3)cc2)c1C. The summed E-state index contributed by atoms with van der Waals surface area (Å²) in [6.07, 6.45) is 1.79. The second-order valence-corrected chi connectivity index (χ2v) is 10.8. The van der Waals surface area contributed by atoms with E-state index in [1.165, 1.54) is 7.11 Å². The van der Waals surface area contributed by atoms with Crippen LogP contribution in [-0.2, 0) is 4.74 Å². The van der Waals surface area contributed by atoms with Crippen molar-refractivity contribution in [1.29, 1.82) is 0 Å². The van der Waals surface area contributed by atoms with Gasteiger partial charge in [-0.25, -0.2) is 4.79 Å². The van der Waals surface area contributed by atoms with Crippen LogP contribution in [0.5, 0.6) is 17.2 Å². The van der Waals surface area contributed by atoms with Crippen LogP contribution in [-0.4, -0.2) is 34.9 Å². The molecular formula is C35H32N4O4S. The highest BCUT2D eigenvalue weighted by Gasteiger charge is 2.42. The first-order valence-electron chi connectivity index (χ1n) is 14.2. The van der Waals surface area contributed by atoms with E-state index < -0.39 is 0 Å². The molecule has 6 rings (SSSR count). The van der Waals surface area contributed by atoms with Crippen LogP contribution in [0.4, 0.5) is 5.69 Å². The lowest BCUT2D eigenvalue weighted by Gasteiger charge is -2.28. The first-order valence-corrected chi connectivity index (χ1v) is 14.6. The molecule has 44 heavy (non-hydrogen) atoms. The average molecular weight is 605 g/mol. The van der Waals surface area contributed by atoms with Crippen LogP contribution in [0.2, 0.25) is 0 Å². The molecule has 0 radical (unpaired) electrons. The van der Waals surface area contributed by atoms with Gasteiger partial charge in [0.1, 0.15) is 17.2 Å². The molecule has 0 bridgehead atoms. The molecule has 0 amide bonds. The highest BCUT2D eigenvalue weighted by atomic mass is 32.1. The Balaban J connectivity index is 1.41. The molecule has 2 aromatic heterocycles. The largest absolute Gasteiger partial charge is 0.497 e. The van der Waals surface area contributed by atoms with Gasteiger partial charge in [-0.15, -0.1) is 0 Å². The van der Waals surface area contributed by atoms with Crippen molar-refractivity contribution >= 4 is 29.0 Å². The Morgan fingerprint density at radius 2 is 1.52 bits per heavy atom. The van der Waals surface area contributed by atoms with E-state index in [1.54, 1.807) is 19.4 Å². The lowest BCUT2D eigenvalue weighted by atomic mass is 9.96. The molecule has 8 nitrogen and oxygen atoms in total. The van der Waals surface area contributed by atoms with Crippen molar-refractivity contribution in [3.63, 3.8) is 0 Å². The molecule has 1 saturated heterocycles. The molecule has 5 aromatic rings. The molecule has 1 aliphatic heterocycles. The van der Waals surface area contributed by atoms with Crippen molar-refractivity contribution in [2.24, 2.45) is 0 Å². The van der Waals surface area contributed by atoms with Crippen molar-refractivity contribution in [2.45, 2.75) is 25.9 Å². The number of aryl methyl sites for hydroxylation is 1. The summed E-state index contributed by atoms with van der Waals surface area (Å²) in [5.41, 5.74) is 6.07. The lowest BCUT2D eigenvalue weighted by Crippen LogP contribution is -2.29. The summed E-state index contributed by atoms with van der Waals surface area (Å²) in [4.78, 5) is 19.5. The Kier molecular flexibility index (Phi) is 8.04. The van der Waals surface area contributed by atoms with Crippen molar-refractivity contribution in [3.8, 4) is 22.9 Å². The Labute approximate surface area is 261 Å². The second kappa shape index (κ2) is 12.2. The van der Waals surface area contributed by atoms with Crippen LogP contribution in [0.15, 0.2) is 103 Å². The third kappa shape index (κ3) is 5.38. The summed E-state index contributed by atoms with van der Waals surface area (Å²) in [5, 5.41) is 4.13. The Hall–Kier alpha value is -5.15. The van der Waals surface area contributed by atoms with Crippen molar-refractivity contribution in [2.75, 3.05) is 19.1 Å². The quantitative estimate of drug-likeness (QED) is 0.147. The predicted octanol–water partition coefficient (Wildman–Crippen LogP) is 7.25. The minimum absolute atomic E-state index is 0.219. The number of pyridine rings is 1. The smallest absolute Gasteiger partial charge is 0.339 e. The number of para-hydroxylation sites is 1. The number of nitrogens with one attached hydrogen (secondary N) is 1. The number of thiocarbonyl (C=S) groups is 1. The van der Waals surface area contributed by atoms with Gasteiger partial charge in [-0.1, -0.05) is 18.2 Å². The molecule has 9 heteroatoms. The highest BCUT2D eigenvalue weighted by Crippen LogP contribution is 2.44. The number of hydrogen-bond acceptors (Lipinski definition) is 6. The molecule has 3 heterocycles. The topological polar surface area (TPSA) is 77.9 Å². The van der Waals surface area contributed by atoms with Gasteiger partial charge < -0.3 is 29.0 Å². The number of hydrogen-bond donors (Lipinski definition) is 1. The second-order valence-electron chi connectivity index (χ2n) is 10.4. The lowest BCUT2D eigenvalue weighted by molar-refractivity contribution is 0.0600. The number of anilines is 1. The fourth-order valence-electron chi connectivity index (χ4n) is 5.81. The molecule has 2 unspecified atom stereocenters. The highest BCUT2D eigenvalue weighted by molar-refractivity contribution is 7.80. The number of carbonyl (C=O) groups excluding carboxylic acids is 1. The van der Waals surface area contributed by atoms with E-state index in [0.29, 0.717) is 22.2 Å². The maximum atomic E-state index is 12.7. The van der Waals surface area contributed by atoms with Crippen LogP contribution < -0.4 is 19.7 Å². The van der Waals surface area contributed by atoms with E-state index in [9.17, 15) is 4.79 Å². The first-order chi connectivity index (χ1) is 21.4. The zero-order valence-corrected chi connectivity index (χ0v) is 25.7. The third-order valence-electron chi connectivity index (χ3n) is 7.85. The van der Waals surface area contributed by atoms with Crippen LogP contribution in [0, 0.1) is 13.8 Å². The summed E-state index contributed by atoms with van der Waals surface area (Å²) in [6, 6.07) is 30.4. The van der Waals surface area contributed by atoms with E-state index in [2.05, 4.69) is 27.8 Å². The molecule has 2 atom stereocenters. The first kappa shape index (κ1) is 28.9. The zero-order valence-electron chi connectivity index (χ0n) is 24.9. The Morgan fingerprint density at radius 1 is 0.864 bits per heavy atom. The van der Waals surface area contributed by atoms with Crippen molar-refractivity contribution in [1.82, 2.24) is 14.9 Å². The van der Waals surface area contributed by atoms with Gasteiger partial charge in [-0.05, 0) is 110 Å². The normalized spacial score (nSPS) is 16.0. The number of ether oxygens (including phenoxy) is 3. The third-order valence-corrected chi connectivity index (χ3v) is 8.16. The molecule has 1 N–H and O–H groups in total.